The van der Waals surface area contributed by atoms with Crippen LogP contribution in [0.1, 0.15) is 69.3 Å². The Morgan fingerprint density at radius 1 is 1.37 bits per heavy atom. The van der Waals surface area contributed by atoms with Gasteiger partial charge in [0.1, 0.15) is 16.9 Å². The minimum absolute atomic E-state index is 0.107. The van der Waals surface area contributed by atoms with Crippen molar-refractivity contribution in [3.8, 4) is 6.07 Å². The standard InChI is InChI=1S/C22H31N5OS2/c1-6-18-25-26-21(27(18)8-3)29-13-19(28)24-20-16(12-23)15-10-9-14(11-17(15)30-20)22(4,5)7-2/h14H,6-11,13H2,1-5H3,(H,24,28). The van der Waals surface area contributed by atoms with E-state index in [0.29, 0.717) is 21.9 Å². The summed E-state index contributed by atoms with van der Waals surface area (Å²) >= 11 is 2.97. The molecule has 0 aromatic carbocycles. The molecule has 0 saturated heterocycles. The van der Waals surface area contributed by atoms with Gasteiger partial charge >= 0.3 is 0 Å². The van der Waals surface area contributed by atoms with E-state index in [2.05, 4.69) is 49.3 Å². The third-order valence-corrected chi connectivity index (χ3v) is 8.54. The van der Waals surface area contributed by atoms with E-state index in [-0.39, 0.29) is 11.7 Å². The number of carbonyl (C=O) groups is 1. The van der Waals surface area contributed by atoms with Crippen molar-refractivity contribution in [3.05, 3.63) is 21.8 Å². The van der Waals surface area contributed by atoms with Gasteiger partial charge in [-0.25, -0.2) is 0 Å². The van der Waals surface area contributed by atoms with E-state index >= 15 is 0 Å². The number of fused-ring (bicyclic) bond motifs is 1. The zero-order valence-electron chi connectivity index (χ0n) is 18.5. The summed E-state index contributed by atoms with van der Waals surface area (Å²) in [6.07, 6.45) is 4.99. The molecular weight excluding hydrogens is 414 g/mol. The highest BCUT2D eigenvalue weighted by atomic mass is 32.2. The summed E-state index contributed by atoms with van der Waals surface area (Å²) in [7, 11) is 0. The molecule has 0 bridgehead atoms. The molecule has 1 N–H and O–H groups in total. The largest absolute Gasteiger partial charge is 0.316 e. The fourth-order valence-electron chi connectivity index (χ4n) is 4.05. The van der Waals surface area contributed by atoms with Crippen LogP contribution in [0.25, 0.3) is 0 Å². The van der Waals surface area contributed by atoms with Crippen molar-refractivity contribution in [1.82, 2.24) is 14.8 Å². The molecule has 162 valence electrons. The number of anilines is 1. The van der Waals surface area contributed by atoms with Crippen LogP contribution >= 0.6 is 23.1 Å². The smallest absolute Gasteiger partial charge is 0.235 e. The molecule has 0 radical (unpaired) electrons. The van der Waals surface area contributed by atoms with Gasteiger partial charge in [-0.3, -0.25) is 4.79 Å². The first kappa shape index (κ1) is 22.8. The minimum Gasteiger partial charge on any atom is -0.316 e. The first-order chi connectivity index (χ1) is 14.3. The zero-order chi connectivity index (χ0) is 21.9. The Labute approximate surface area is 187 Å². The molecule has 1 aliphatic rings. The first-order valence-electron chi connectivity index (χ1n) is 10.7. The van der Waals surface area contributed by atoms with Crippen LogP contribution < -0.4 is 5.32 Å². The van der Waals surface area contributed by atoms with Gasteiger partial charge in [-0.15, -0.1) is 21.5 Å². The van der Waals surface area contributed by atoms with Crippen molar-refractivity contribution in [2.24, 2.45) is 11.3 Å². The maximum absolute atomic E-state index is 12.6. The molecule has 8 heteroatoms. The zero-order valence-corrected chi connectivity index (χ0v) is 20.2. The molecule has 30 heavy (non-hydrogen) atoms. The van der Waals surface area contributed by atoms with Gasteiger partial charge in [0, 0.05) is 17.8 Å². The maximum atomic E-state index is 12.6. The van der Waals surface area contributed by atoms with Gasteiger partial charge in [-0.05, 0) is 43.1 Å². The topological polar surface area (TPSA) is 83.6 Å². The predicted molar refractivity (Wildman–Crippen MR) is 123 cm³/mol. The fourth-order valence-corrected chi connectivity index (χ4v) is 6.16. The first-order valence-corrected chi connectivity index (χ1v) is 12.5. The summed E-state index contributed by atoms with van der Waals surface area (Å²) in [5, 5.41) is 22.6. The summed E-state index contributed by atoms with van der Waals surface area (Å²) in [6.45, 7) is 11.8. The number of nitrogens with zero attached hydrogens (tertiary/aromatic N) is 4. The number of hydrogen-bond acceptors (Lipinski definition) is 6. The number of nitrogens with one attached hydrogen (secondary N) is 1. The number of hydrogen-bond donors (Lipinski definition) is 1. The second kappa shape index (κ2) is 9.52. The Hall–Kier alpha value is -1.85. The van der Waals surface area contributed by atoms with Crippen molar-refractivity contribution in [3.63, 3.8) is 0 Å². The van der Waals surface area contributed by atoms with E-state index in [1.165, 1.54) is 16.6 Å². The fraction of sp³-hybridized carbons (Fsp3) is 0.636. The molecule has 3 rings (SSSR count). The molecule has 0 saturated carbocycles. The number of aromatic nitrogens is 3. The molecule has 6 nitrogen and oxygen atoms in total. The molecule has 0 fully saturated rings. The van der Waals surface area contributed by atoms with Gasteiger partial charge in [0.25, 0.3) is 0 Å². The number of amides is 1. The van der Waals surface area contributed by atoms with Crippen LogP contribution in [0.15, 0.2) is 5.16 Å². The predicted octanol–water partition coefficient (Wildman–Crippen LogP) is 5.07. The van der Waals surface area contributed by atoms with Crippen molar-refractivity contribution >= 4 is 34.0 Å². The summed E-state index contributed by atoms with van der Waals surface area (Å²) < 4.78 is 2.04. The number of thioether (sulfide) groups is 1. The Bertz CT molecular complexity index is 954. The second-order valence-electron chi connectivity index (χ2n) is 8.44. The molecule has 1 aliphatic carbocycles. The van der Waals surface area contributed by atoms with E-state index < -0.39 is 0 Å². The average molecular weight is 446 g/mol. The Morgan fingerprint density at radius 2 is 2.13 bits per heavy atom. The van der Waals surface area contributed by atoms with Gasteiger partial charge in [0.05, 0.1) is 11.3 Å². The Kier molecular flexibility index (Phi) is 7.25. The van der Waals surface area contributed by atoms with E-state index in [1.807, 2.05) is 11.5 Å². The van der Waals surface area contributed by atoms with Crippen molar-refractivity contribution in [1.29, 1.82) is 5.26 Å². The van der Waals surface area contributed by atoms with Gasteiger partial charge < -0.3 is 9.88 Å². The van der Waals surface area contributed by atoms with Gasteiger partial charge in [-0.1, -0.05) is 45.9 Å². The Morgan fingerprint density at radius 3 is 2.77 bits per heavy atom. The SMILES string of the molecule is CCc1nnc(SCC(=O)Nc2sc3c(c2C#N)CCC(C(C)(C)CC)C3)n1CC. The highest BCUT2D eigenvalue weighted by Gasteiger charge is 2.34. The third-order valence-electron chi connectivity index (χ3n) is 6.40. The molecule has 2 heterocycles. The van der Waals surface area contributed by atoms with E-state index in [9.17, 15) is 10.1 Å². The maximum Gasteiger partial charge on any atom is 0.235 e. The number of thiophene rings is 1. The van der Waals surface area contributed by atoms with E-state index in [4.69, 9.17) is 0 Å². The summed E-state index contributed by atoms with van der Waals surface area (Å²) in [6, 6.07) is 2.34. The molecule has 2 aromatic heterocycles. The van der Waals surface area contributed by atoms with Crippen LogP contribution in [0, 0.1) is 22.7 Å². The summed E-state index contributed by atoms with van der Waals surface area (Å²) in [5.74, 6) is 1.69. The number of carbonyl (C=O) groups excluding carboxylic acids is 1. The lowest BCUT2D eigenvalue weighted by molar-refractivity contribution is -0.113. The monoisotopic (exact) mass is 445 g/mol. The van der Waals surface area contributed by atoms with Gasteiger partial charge in [0.15, 0.2) is 5.16 Å². The molecule has 2 aromatic rings. The highest BCUT2D eigenvalue weighted by Crippen LogP contribution is 2.45. The van der Waals surface area contributed by atoms with Gasteiger partial charge in [-0.2, -0.15) is 5.26 Å². The van der Waals surface area contributed by atoms with Crippen LogP contribution in [0.4, 0.5) is 5.00 Å². The Balaban J connectivity index is 1.70. The van der Waals surface area contributed by atoms with Crippen molar-refractivity contribution < 1.29 is 4.79 Å². The van der Waals surface area contributed by atoms with Crippen molar-refractivity contribution in [2.45, 2.75) is 78.4 Å². The molecule has 1 unspecified atom stereocenters. The minimum atomic E-state index is -0.107. The second-order valence-corrected chi connectivity index (χ2v) is 10.5. The van der Waals surface area contributed by atoms with Crippen LogP contribution in [-0.4, -0.2) is 26.4 Å². The lowest BCUT2D eigenvalue weighted by Gasteiger charge is -2.36. The van der Waals surface area contributed by atoms with E-state index in [0.717, 1.165) is 55.2 Å². The van der Waals surface area contributed by atoms with Gasteiger partial charge in [0.2, 0.25) is 5.91 Å². The van der Waals surface area contributed by atoms with E-state index in [1.54, 1.807) is 11.3 Å². The molecule has 0 aliphatic heterocycles. The quantitative estimate of drug-likeness (QED) is 0.574. The van der Waals surface area contributed by atoms with Crippen LogP contribution in [0.5, 0.6) is 0 Å². The normalized spacial score (nSPS) is 16.2. The average Bonchev–Trinajstić information content (AvgIpc) is 3.30. The third kappa shape index (κ3) is 4.57. The number of nitriles is 1. The van der Waals surface area contributed by atoms with Crippen LogP contribution in [0.3, 0.4) is 0 Å². The van der Waals surface area contributed by atoms with Crippen molar-refractivity contribution in [2.75, 3.05) is 11.1 Å². The molecule has 1 atom stereocenters. The molecule has 1 amide bonds. The summed E-state index contributed by atoms with van der Waals surface area (Å²) in [4.78, 5) is 13.9. The number of rotatable bonds is 8. The van der Waals surface area contributed by atoms with Crippen LogP contribution in [0.2, 0.25) is 0 Å². The summed E-state index contributed by atoms with van der Waals surface area (Å²) in [5.41, 5.74) is 2.10. The number of aryl methyl sites for hydroxylation is 1. The van der Waals surface area contributed by atoms with Crippen LogP contribution in [-0.2, 0) is 30.6 Å². The molecule has 0 spiro atoms. The highest BCUT2D eigenvalue weighted by molar-refractivity contribution is 7.99. The molecular formula is C22H31N5OS2. The lowest BCUT2D eigenvalue weighted by atomic mass is 9.69. The lowest BCUT2D eigenvalue weighted by Crippen LogP contribution is -2.28.